The topological polar surface area (TPSA) is 83.8 Å². The van der Waals surface area contributed by atoms with Gasteiger partial charge in [0.05, 0.1) is 10.6 Å². The van der Waals surface area contributed by atoms with Gasteiger partial charge in [0.1, 0.15) is 5.75 Å². The van der Waals surface area contributed by atoms with Crippen LogP contribution in [0.5, 0.6) is 5.75 Å². The van der Waals surface area contributed by atoms with Gasteiger partial charge in [-0.05, 0) is 18.2 Å². The van der Waals surface area contributed by atoms with Crippen LogP contribution < -0.4 is 4.74 Å². The minimum Gasteiger partial charge on any atom is -0.478 e. The van der Waals surface area contributed by atoms with E-state index in [2.05, 4.69) is 0 Å². The van der Waals surface area contributed by atoms with Crippen LogP contribution in [0.25, 0.3) is 0 Å². The zero-order valence-corrected chi connectivity index (χ0v) is 9.20. The van der Waals surface area contributed by atoms with Crippen molar-refractivity contribution in [1.29, 1.82) is 0 Å². The smallest absolute Gasteiger partial charge is 0.360 e. The van der Waals surface area contributed by atoms with Crippen LogP contribution in [0.1, 0.15) is 10.4 Å². The number of halogens is 2. The molecule has 0 saturated heterocycles. The molecule has 1 rings (SSSR count). The van der Waals surface area contributed by atoms with Crippen molar-refractivity contribution in [3.05, 3.63) is 28.8 Å². The fraction of sp³-hybridized carbons (Fsp3) is 0.111. The molecule has 1 aromatic carbocycles. The van der Waals surface area contributed by atoms with E-state index < -0.39 is 17.5 Å². The lowest BCUT2D eigenvalue weighted by molar-refractivity contribution is -0.141. The third-order valence-corrected chi connectivity index (χ3v) is 2.17. The van der Waals surface area contributed by atoms with Gasteiger partial charge in [-0.2, -0.15) is 0 Å². The van der Waals surface area contributed by atoms with Crippen molar-refractivity contribution < 1.29 is 24.5 Å². The average molecular weight is 265 g/mol. The van der Waals surface area contributed by atoms with E-state index in [-0.39, 0.29) is 16.3 Å². The van der Waals surface area contributed by atoms with Gasteiger partial charge in [-0.15, -0.1) is 0 Å². The van der Waals surface area contributed by atoms with E-state index in [0.29, 0.717) is 0 Å². The lowest BCUT2D eigenvalue weighted by Gasteiger charge is -2.10. The van der Waals surface area contributed by atoms with E-state index in [1.807, 2.05) is 0 Å². The molecule has 5 nitrogen and oxygen atoms in total. The van der Waals surface area contributed by atoms with E-state index in [0.717, 1.165) is 6.07 Å². The number of carbonyl (C=O) groups is 2. The van der Waals surface area contributed by atoms with Crippen molar-refractivity contribution in [2.24, 2.45) is 0 Å². The van der Waals surface area contributed by atoms with E-state index in [1.165, 1.54) is 12.1 Å². The summed E-state index contributed by atoms with van der Waals surface area (Å²) in [6.07, 6.45) is 0. The average Bonchev–Trinajstić information content (AvgIpc) is 2.20. The number of benzene rings is 1. The molecule has 0 heterocycles. The molecular weight excluding hydrogens is 259 g/mol. The summed E-state index contributed by atoms with van der Waals surface area (Å²) in [7, 11) is 0. The maximum Gasteiger partial charge on any atom is 0.360 e. The third kappa shape index (κ3) is 3.01. The number of hydrogen-bond acceptors (Lipinski definition) is 3. The van der Waals surface area contributed by atoms with Crippen molar-refractivity contribution >= 4 is 35.1 Å². The molecule has 0 amide bonds. The fourth-order valence-electron chi connectivity index (χ4n) is 0.891. The van der Waals surface area contributed by atoms with Crippen LogP contribution in [0.2, 0.25) is 5.02 Å². The zero-order chi connectivity index (χ0) is 12.3. The quantitative estimate of drug-likeness (QED) is 0.814. The summed E-state index contributed by atoms with van der Waals surface area (Å²) in [4.78, 5) is 21.0. The highest BCUT2D eigenvalue weighted by Gasteiger charge is 2.17. The number of alkyl halides is 1. The molecule has 1 aromatic rings. The SMILES string of the molecule is O=C(O)c1ccc(OC(Cl)C(=O)O)c(Cl)c1. The number of carboxylic acid groups (broad SMARTS) is 2. The molecule has 0 bridgehead atoms. The molecule has 0 aromatic heterocycles. The van der Waals surface area contributed by atoms with Crippen molar-refractivity contribution in [2.45, 2.75) is 5.56 Å². The first-order valence-corrected chi connectivity index (χ1v) is 4.79. The van der Waals surface area contributed by atoms with Gasteiger partial charge >= 0.3 is 11.9 Å². The maximum atomic E-state index is 10.6. The summed E-state index contributed by atoms with van der Waals surface area (Å²) >= 11 is 11.0. The molecule has 0 saturated carbocycles. The number of hydrogen-bond donors (Lipinski definition) is 2. The molecule has 1 atom stereocenters. The lowest BCUT2D eigenvalue weighted by atomic mass is 10.2. The van der Waals surface area contributed by atoms with Gasteiger partial charge in [0.2, 0.25) is 0 Å². The fourth-order valence-corrected chi connectivity index (χ4v) is 1.21. The van der Waals surface area contributed by atoms with Crippen molar-refractivity contribution in [3.8, 4) is 5.75 Å². The highest BCUT2D eigenvalue weighted by Crippen LogP contribution is 2.27. The summed E-state index contributed by atoms with van der Waals surface area (Å²) in [5.41, 5.74) is -1.60. The summed E-state index contributed by atoms with van der Waals surface area (Å²) in [6, 6.07) is 3.61. The van der Waals surface area contributed by atoms with Crippen molar-refractivity contribution in [1.82, 2.24) is 0 Å². The Labute approximate surface area is 100 Å². The first-order valence-electron chi connectivity index (χ1n) is 3.98. The molecular formula is C9H6Cl2O5. The van der Waals surface area contributed by atoms with Gasteiger partial charge in [-0.1, -0.05) is 23.2 Å². The van der Waals surface area contributed by atoms with Crippen LogP contribution in [-0.4, -0.2) is 27.7 Å². The summed E-state index contributed by atoms with van der Waals surface area (Å²) in [6.45, 7) is 0. The normalized spacial score (nSPS) is 11.9. The van der Waals surface area contributed by atoms with Crippen LogP contribution >= 0.6 is 23.2 Å². The Morgan fingerprint density at radius 3 is 2.38 bits per heavy atom. The number of rotatable bonds is 4. The maximum absolute atomic E-state index is 10.6. The number of ether oxygens (including phenoxy) is 1. The Morgan fingerprint density at radius 2 is 1.94 bits per heavy atom. The van der Waals surface area contributed by atoms with Crippen LogP contribution in [-0.2, 0) is 4.79 Å². The first-order chi connectivity index (χ1) is 7.41. The number of carboxylic acids is 2. The Bertz CT molecular complexity index is 432. The van der Waals surface area contributed by atoms with E-state index in [1.54, 1.807) is 0 Å². The van der Waals surface area contributed by atoms with Gasteiger partial charge in [0.25, 0.3) is 5.56 Å². The second-order valence-corrected chi connectivity index (χ2v) is 3.53. The second-order valence-electron chi connectivity index (χ2n) is 2.72. The standard InChI is InChI=1S/C9H6Cl2O5/c10-5-3-4(8(12)13)1-2-6(5)16-7(11)9(14)15/h1-3,7H,(H,12,13)(H,14,15). The molecule has 7 heteroatoms. The number of aromatic carboxylic acids is 1. The first kappa shape index (κ1) is 12.6. The van der Waals surface area contributed by atoms with Crippen LogP contribution in [0.3, 0.4) is 0 Å². The molecule has 0 aliphatic heterocycles. The molecule has 0 aliphatic rings. The van der Waals surface area contributed by atoms with Crippen LogP contribution in [0.15, 0.2) is 18.2 Å². The zero-order valence-electron chi connectivity index (χ0n) is 7.68. The molecule has 2 N–H and O–H groups in total. The molecule has 0 spiro atoms. The molecule has 16 heavy (non-hydrogen) atoms. The minimum atomic E-state index is -1.58. The predicted molar refractivity (Wildman–Crippen MR) is 56.3 cm³/mol. The Balaban J connectivity index is 2.91. The second kappa shape index (κ2) is 5.05. The Morgan fingerprint density at radius 1 is 1.31 bits per heavy atom. The van der Waals surface area contributed by atoms with Gasteiger partial charge < -0.3 is 14.9 Å². The molecule has 1 unspecified atom stereocenters. The minimum absolute atomic E-state index is 0.00840. The summed E-state index contributed by atoms with van der Waals surface area (Å²) in [5.74, 6) is -2.50. The lowest BCUT2D eigenvalue weighted by Crippen LogP contribution is -2.20. The molecule has 86 valence electrons. The number of aliphatic carboxylic acids is 1. The van der Waals surface area contributed by atoms with Crippen molar-refractivity contribution in [3.63, 3.8) is 0 Å². The summed E-state index contributed by atoms with van der Waals surface area (Å²) < 4.78 is 4.78. The Hall–Kier alpha value is -1.46. The van der Waals surface area contributed by atoms with Gasteiger partial charge in [-0.25, -0.2) is 9.59 Å². The highest BCUT2D eigenvalue weighted by molar-refractivity contribution is 6.32. The van der Waals surface area contributed by atoms with Crippen LogP contribution in [0, 0.1) is 0 Å². The monoisotopic (exact) mass is 264 g/mol. The third-order valence-electron chi connectivity index (χ3n) is 1.60. The van der Waals surface area contributed by atoms with Gasteiger partial charge in [0, 0.05) is 0 Å². The largest absolute Gasteiger partial charge is 0.478 e. The van der Waals surface area contributed by atoms with E-state index in [4.69, 9.17) is 38.2 Å². The van der Waals surface area contributed by atoms with Gasteiger partial charge in [0.15, 0.2) is 0 Å². The summed E-state index contributed by atoms with van der Waals surface area (Å²) in [5, 5.41) is 17.1. The van der Waals surface area contributed by atoms with Gasteiger partial charge in [-0.3, -0.25) is 0 Å². The van der Waals surface area contributed by atoms with E-state index in [9.17, 15) is 9.59 Å². The molecule has 0 aliphatic carbocycles. The predicted octanol–water partition coefficient (Wildman–Crippen LogP) is 2.07. The van der Waals surface area contributed by atoms with Crippen LogP contribution in [0.4, 0.5) is 0 Å². The molecule has 0 fully saturated rings. The van der Waals surface area contributed by atoms with E-state index >= 15 is 0 Å². The molecule has 0 radical (unpaired) electrons. The highest BCUT2D eigenvalue weighted by atomic mass is 35.5. The Kier molecular flexibility index (Phi) is 3.98. The van der Waals surface area contributed by atoms with Crippen molar-refractivity contribution in [2.75, 3.05) is 0 Å².